The van der Waals surface area contributed by atoms with Crippen molar-refractivity contribution in [3.05, 3.63) is 28.8 Å². The Balaban J connectivity index is 2.39. The highest BCUT2D eigenvalue weighted by molar-refractivity contribution is 5.79. The first-order chi connectivity index (χ1) is 7.61. The van der Waals surface area contributed by atoms with Gasteiger partial charge in [0.05, 0.1) is 7.11 Å². The van der Waals surface area contributed by atoms with Crippen LogP contribution in [0.1, 0.15) is 29.0 Å². The van der Waals surface area contributed by atoms with E-state index in [1.54, 1.807) is 7.11 Å². The monoisotopic (exact) mass is 219 g/mol. The molecule has 0 spiro atoms. The van der Waals surface area contributed by atoms with E-state index in [4.69, 9.17) is 4.74 Å². The number of carbonyl (C=O) groups is 1. The summed E-state index contributed by atoms with van der Waals surface area (Å²) in [7, 11) is 1.68. The minimum Gasteiger partial charge on any atom is -0.496 e. The third-order valence-corrected chi connectivity index (χ3v) is 3.26. The van der Waals surface area contributed by atoms with Crippen molar-refractivity contribution in [3.8, 4) is 5.75 Å². The van der Waals surface area contributed by atoms with Crippen molar-refractivity contribution in [2.24, 2.45) is 0 Å². The molecule has 1 aliphatic rings. The van der Waals surface area contributed by atoms with Gasteiger partial charge in [-0.25, -0.2) is 0 Å². The first-order valence-corrected chi connectivity index (χ1v) is 5.53. The zero-order chi connectivity index (χ0) is 11.7. The maximum absolute atomic E-state index is 11.2. The fraction of sp³-hybridized carbons (Fsp3) is 0.462. The molecule has 3 heteroatoms. The van der Waals surface area contributed by atoms with E-state index in [0.717, 1.165) is 17.9 Å². The van der Waals surface area contributed by atoms with Gasteiger partial charge in [0.25, 0.3) is 0 Å². The molecule has 86 valence electrons. The van der Waals surface area contributed by atoms with Gasteiger partial charge in [-0.15, -0.1) is 0 Å². The largest absolute Gasteiger partial charge is 0.496 e. The lowest BCUT2D eigenvalue weighted by Crippen LogP contribution is -2.13. The lowest BCUT2D eigenvalue weighted by atomic mass is 9.94. The summed E-state index contributed by atoms with van der Waals surface area (Å²) >= 11 is 0. The lowest BCUT2D eigenvalue weighted by molar-refractivity contribution is -0.119. The zero-order valence-electron chi connectivity index (χ0n) is 9.96. The smallest absolute Gasteiger partial charge is 0.220 e. The predicted molar refractivity (Wildman–Crippen MR) is 62.8 cm³/mol. The van der Waals surface area contributed by atoms with Crippen LogP contribution >= 0.6 is 0 Å². The second kappa shape index (κ2) is 4.16. The van der Waals surface area contributed by atoms with E-state index in [-0.39, 0.29) is 11.8 Å². The van der Waals surface area contributed by atoms with Gasteiger partial charge in [0.15, 0.2) is 0 Å². The van der Waals surface area contributed by atoms with E-state index in [0.29, 0.717) is 6.42 Å². The molecule has 1 heterocycles. The lowest BCUT2D eigenvalue weighted by Gasteiger charge is -2.15. The fourth-order valence-corrected chi connectivity index (χ4v) is 2.13. The van der Waals surface area contributed by atoms with Crippen LogP contribution in [0.2, 0.25) is 0 Å². The summed E-state index contributed by atoms with van der Waals surface area (Å²) < 4.78 is 5.39. The number of nitrogens with one attached hydrogen (secondary N) is 1. The van der Waals surface area contributed by atoms with Crippen molar-refractivity contribution in [1.82, 2.24) is 5.32 Å². The molecule has 1 aromatic rings. The summed E-state index contributed by atoms with van der Waals surface area (Å²) in [5, 5.41) is 2.86. The van der Waals surface area contributed by atoms with E-state index in [2.05, 4.69) is 25.2 Å². The second-order valence-electron chi connectivity index (χ2n) is 4.38. The van der Waals surface area contributed by atoms with Crippen molar-refractivity contribution < 1.29 is 9.53 Å². The number of methoxy groups -OCH3 is 1. The number of carbonyl (C=O) groups excluding carboxylic acids is 1. The minimum atomic E-state index is 0.130. The minimum absolute atomic E-state index is 0.130. The number of benzene rings is 1. The molecule has 1 amide bonds. The Labute approximate surface area is 95.8 Å². The number of ether oxygens (including phenoxy) is 1. The topological polar surface area (TPSA) is 38.3 Å². The average Bonchev–Trinajstić information content (AvgIpc) is 2.68. The van der Waals surface area contributed by atoms with Crippen molar-refractivity contribution in [3.63, 3.8) is 0 Å². The Kier molecular flexibility index (Phi) is 2.86. The van der Waals surface area contributed by atoms with Crippen molar-refractivity contribution >= 4 is 5.91 Å². The molecule has 1 N–H and O–H groups in total. The highest BCUT2D eigenvalue weighted by atomic mass is 16.5. The number of aryl methyl sites for hydroxylation is 2. The van der Waals surface area contributed by atoms with E-state index in [1.807, 2.05) is 6.07 Å². The van der Waals surface area contributed by atoms with Crippen LogP contribution in [0.4, 0.5) is 0 Å². The molecule has 16 heavy (non-hydrogen) atoms. The zero-order valence-corrected chi connectivity index (χ0v) is 9.96. The summed E-state index contributed by atoms with van der Waals surface area (Å²) in [5.74, 6) is 1.27. The van der Waals surface area contributed by atoms with Gasteiger partial charge in [-0.1, -0.05) is 6.07 Å². The van der Waals surface area contributed by atoms with Gasteiger partial charge in [-0.05, 0) is 36.6 Å². The van der Waals surface area contributed by atoms with E-state index in [1.165, 1.54) is 11.1 Å². The SMILES string of the molecule is COc1cc(C)c(C)cc1C1CNC(=O)C1. The summed E-state index contributed by atoms with van der Waals surface area (Å²) in [6.07, 6.45) is 0.568. The van der Waals surface area contributed by atoms with Crippen LogP contribution in [-0.4, -0.2) is 19.6 Å². The fourth-order valence-electron chi connectivity index (χ4n) is 2.13. The molecular formula is C13H17NO2. The first-order valence-electron chi connectivity index (χ1n) is 5.53. The van der Waals surface area contributed by atoms with Crippen molar-refractivity contribution in [2.75, 3.05) is 13.7 Å². The summed E-state index contributed by atoms with van der Waals surface area (Å²) in [6.45, 7) is 4.87. The molecule has 1 unspecified atom stereocenters. The summed E-state index contributed by atoms with van der Waals surface area (Å²) in [6, 6.07) is 4.19. The molecule has 1 aromatic carbocycles. The van der Waals surface area contributed by atoms with Crippen molar-refractivity contribution in [1.29, 1.82) is 0 Å². The van der Waals surface area contributed by atoms with Crippen molar-refractivity contribution in [2.45, 2.75) is 26.2 Å². The molecule has 0 bridgehead atoms. The summed E-state index contributed by atoms with van der Waals surface area (Å²) in [5.41, 5.74) is 3.61. The van der Waals surface area contributed by atoms with Crippen LogP contribution in [-0.2, 0) is 4.79 Å². The standard InChI is InChI=1S/C13H17NO2/c1-8-4-11(10-6-13(15)14-7-10)12(16-3)5-9(8)2/h4-5,10H,6-7H2,1-3H3,(H,14,15). The van der Waals surface area contributed by atoms with Crippen LogP contribution in [0.15, 0.2) is 12.1 Å². The van der Waals surface area contributed by atoms with Gasteiger partial charge in [0, 0.05) is 18.9 Å². The molecule has 1 aliphatic heterocycles. The van der Waals surface area contributed by atoms with Gasteiger partial charge in [-0.3, -0.25) is 4.79 Å². The van der Waals surface area contributed by atoms with Gasteiger partial charge < -0.3 is 10.1 Å². The van der Waals surface area contributed by atoms with Gasteiger partial charge >= 0.3 is 0 Å². The third-order valence-electron chi connectivity index (χ3n) is 3.26. The average molecular weight is 219 g/mol. The Hall–Kier alpha value is -1.51. The van der Waals surface area contributed by atoms with E-state index < -0.39 is 0 Å². The molecule has 3 nitrogen and oxygen atoms in total. The second-order valence-corrected chi connectivity index (χ2v) is 4.38. The number of amides is 1. The number of hydrogen-bond donors (Lipinski definition) is 1. The van der Waals surface area contributed by atoms with Crippen LogP contribution in [0, 0.1) is 13.8 Å². The molecule has 0 saturated carbocycles. The molecule has 1 saturated heterocycles. The van der Waals surface area contributed by atoms with Gasteiger partial charge in [0.1, 0.15) is 5.75 Å². The van der Waals surface area contributed by atoms with E-state index in [9.17, 15) is 4.79 Å². The Morgan fingerprint density at radius 1 is 1.31 bits per heavy atom. The molecule has 2 rings (SSSR count). The molecule has 0 radical (unpaired) electrons. The van der Waals surface area contributed by atoms with Gasteiger partial charge in [-0.2, -0.15) is 0 Å². The quantitative estimate of drug-likeness (QED) is 0.825. The highest BCUT2D eigenvalue weighted by Crippen LogP contribution is 2.33. The molecular weight excluding hydrogens is 202 g/mol. The van der Waals surface area contributed by atoms with Gasteiger partial charge in [0.2, 0.25) is 5.91 Å². The third kappa shape index (κ3) is 1.90. The maximum atomic E-state index is 11.2. The number of rotatable bonds is 2. The summed E-state index contributed by atoms with van der Waals surface area (Å²) in [4.78, 5) is 11.2. The maximum Gasteiger partial charge on any atom is 0.220 e. The molecule has 1 fully saturated rings. The van der Waals surface area contributed by atoms with Crippen LogP contribution in [0.5, 0.6) is 5.75 Å². The predicted octanol–water partition coefficient (Wildman–Crippen LogP) is 1.92. The Morgan fingerprint density at radius 2 is 2.00 bits per heavy atom. The normalized spacial score (nSPS) is 19.7. The molecule has 1 atom stereocenters. The van der Waals surface area contributed by atoms with Crippen LogP contribution in [0.25, 0.3) is 0 Å². The molecule has 0 aromatic heterocycles. The first kappa shape index (κ1) is 11.0. The van der Waals surface area contributed by atoms with E-state index >= 15 is 0 Å². The Morgan fingerprint density at radius 3 is 2.56 bits per heavy atom. The van der Waals surface area contributed by atoms with Crippen LogP contribution < -0.4 is 10.1 Å². The number of hydrogen-bond acceptors (Lipinski definition) is 2. The molecule has 0 aliphatic carbocycles. The Bertz CT molecular complexity index is 426. The highest BCUT2D eigenvalue weighted by Gasteiger charge is 2.25. The van der Waals surface area contributed by atoms with Crippen LogP contribution in [0.3, 0.4) is 0 Å².